The number of fused-ring (bicyclic) bond motifs is 1. The van der Waals surface area contributed by atoms with Crippen LogP contribution in [-0.4, -0.2) is 29.0 Å². The van der Waals surface area contributed by atoms with Crippen molar-refractivity contribution in [2.75, 3.05) is 7.11 Å². The zero-order valence-electron chi connectivity index (χ0n) is 17.2. The third-order valence-corrected chi connectivity index (χ3v) is 5.17. The Labute approximate surface area is 182 Å². The predicted molar refractivity (Wildman–Crippen MR) is 120 cm³/mol. The highest BCUT2D eigenvalue weighted by atomic mass is 79.9. The number of aromatic nitrogens is 2. The molecular formula is C22H22BrN3O4. The van der Waals surface area contributed by atoms with Crippen molar-refractivity contribution >= 4 is 39.0 Å². The molecule has 0 unspecified atom stereocenters. The van der Waals surface area contributed by atoms with E-state index in [0.717, 1.165) is 10.9 Å². The molecule has 0 saturated carbocycles. The maximum Gasteiger partial charge on any atom is 0.308 e. The smallest absolute Gasteiger partial charge is 0.308 e. The van der Waals surface area contributed by atoms with Gasteiger partial charge in [0.15, 0.2) is 11.5 Å². The highest BCUT2D eigenvalue weighted by Crippen LogP contribution is 2.30. The second-order valence-electron chi connectivity index (χ2n) is 6.77. The van der Waals surface area contributed by atoms with Gasteiger partial charge in [0.1, 0.15) is 5.82 Å². The van der Waals surface area contributed by atoms with Crippen molar-refractivity contribution < 1.29 is 14.3 Å². The van der Waals surface area contributed by atoms with Crippen molar-refractivity contribution in [3.05, 3.63) is 62.6 Å². The number of carbonyl (C=O) groups excluding carboxylic acids is 1. The molecule has 0 aliphatic carbocycles. The van der Waals surface area contributed by atoms with E-state index in [2.05, 4.69) is 26.0 Å². The molecule has 0 radical (unpaired) electrons. The lowest BCUT2D eigenvalue weighted by Gasteiger charge is -2.14. The van der Waals surface area contributed by atoms with Crippen LogP contribution in [-0.2, 0) is 4.79 Å². The standard InChI is InChI=1S/C22H22BrN3O4/c1-5-13(2)21-25-18-10-9-16(23)11-17(18)22(28)26(21)24-12-15-7-6-8-19(29-4)20(15)30-14(3)27/h6-13H,5H2,1-4H3/t13-/m0/s1. The first-order valence-corrected chi connectivity index (χ1v) is 10.3. The molecule has 2 aromatic carbocycles. The Hall–Kier alpha value is -3.00. The van der Waals surface area contributed by atoms with Gasteiger partial charge >= 0.3 is 5.97 Å². The van der Waals surface area contributed by atoms with E-state index in [1.54, 1.807) is 24.3 Å². The van der Waals surface area contributed by atoms with E-state index in [4.69, 9.17) is 9.47 Å². The van der Waals surface area contributed by atoms with E-state index < -0.39 is 5.97 Å². The summed E-state index contributed by atoms with van der Waals surface area (Å²) in [6, 6.07) is 10.5. The number of hydrogen-bond acceptors (Lipinski definition) is 6. The number of ether oxygens (including phenoxy) is 2. The van der Waals surface area contributed by atoms with Gasteiger partial charge in [0, 0.05) is 22.9 Å². The average Bonchev–Trinajstić information content (AvgIpc) is 2.73. The molecule has 0 N–H and O–H groups in total. The number of benzene rings is 2. The van der Waals surface area contributed by atoms with Gasteiger partial charge < -0.3 is 9.47 Å². The molecular weight excluding hydrogens is 450 g/mol. The number of para-hydroxylation sites is 1. The van der Waals surface area contributed by atoms with Crippen LogP contribution >= 0.6 is 15.9 Å². The molecule has 1 aromatic heterocycles. The van der Waals surface area contributed by atoms with E-state index in [1.165, 1.54) is 24.9 Å². The normalized spacial score (nSPS) is 12.3. The third kappa shape index (κ3) is 4.43. The summed E-state index contributed by atoms with van der Waals surface area (Å²) in [5.74, 6) is 0.727. The fourth-order valence-electron chi connectivity index (χ4n) is 2.95. The molecule has 3 aromatic rings. The highest BCUT2D eigenvalue weighted by molar-refractivity contribution is 9.10. The zero-order chi connectivity index (χ0) is 21.8. The topological polar surface area (TPSA) is 82.8 Å². The van der Waals surface area contributed by atoms with Crippen LogP contribution in [0.1, 0.15) is 44.5 Å². The van der Waals surface area contributed by atoms with Gasteiger partial charge in [-0.15, -0.1) is 0 Å². The molecule has 156 valence electrons. The predicted octanol–water partition coefficient (Wildman–Crippen LogP) is 4.49. The van der Waals surface area contributed by atoms with Gasteiger partial charge in [0.25, 0.3) is 5.56 Å². The van der Waals surface area contributed by atoms with Crippen molar-refractivity contribution in [2.45, 2.75) is 33.1 Å². The van der Waals surface area contributed by atoms with E-state index in [-0.39, 0.29) is 17.2 Å². The average molecular weight is 472 g/mol. The number of hydrogen-bond donors (Lipinski definition) is 0. The maximum atomic E-state index is 13.2. The van der Waals surface area contributed by atoms with Gasteiger partial charge in [0.2, 0.25) is 0 Å². The summed E-state index contributed by atoms with van der Waals surface area (Å²) in [6.45, 7) is 5.33. The Morgan fingerprint density at radius 3 is 2.77 bits per heavy atom. The lowest BCUT2D eigenvalue weighted by Crippen LogP contribution is -2.23. The Morgan fingerprint density at radius 2 is 2.10 bits per heavy atom. The number of esters is 1. The minimum atomic E-state index is -0.483. The molecule has 8 heteroatoms. The first kappa shape index (κ1) is 21.7. The molecule has 0 amide bonds. The lowest BCUT2D eigenvalue weighted by molar-refractivity contribution is -0.132. The first-order chi connectivity index (χ1) is 14.3. The Kier molecular flexibility index (Phi) is 6.66. The summed E-state index contributed by atoms with van der Waals surface area (Å²) in [5.41, 5.74) is 0.845. The fraction of sp³-hybridized carbons (Fsp3) is 0.273. The van der Waals surface area contributed by atoms with Crippen LogP contribution in [0.2, 0.25) is 0 Å². The van der Waals surface area contributed by atoms with Gasteiger partial charge in [0.05, 0.1) is 24.2 Å². The van der Waals surface area contributed by atoms with E-state index in [9.17, 15) is 9.59 Å². The quantitative estimate of drug-likeness (QED) is 0.300. The molecule has 1 heterocycles. The molecule has 3 rings (SSSR count). The number of halogens is 1. The summed E-state index contributed by atoms with van der Waals surface area (Å²) in [7, 11) is 1.49. The van der Waals surface area contributed by atoms with E-state index in [1.807, 2.05) is 26.0 Å². The van der Waals surface area contributed by atoms with Crippen molar-refractivity contribution in [2.24, 2.45) is 5.10 Å². The number of methoxy groups -OCH3 is 1. The Balaban J connectivity index is 2.20. The first-order valence-electron chi connectivity index (χ1n) is 9.47. The summed E-state index contributed by atoms with van der Waals surface area (Å²) in [4.78, 5) is 29.4. The monoisotopic (exact) mass is 471 g/mol. The minimum absolute atomic E-state index is 0.0150. The van der Waals surface area contributed by atoms with Gasteiger partial charge in [-0.05, 0) is 36.8 Å². The molecule has 30 heavy (non-hydrogen) atoms. The SMILES string of the molecule is CC[C@H](C)c1nc2ccc(Br)cc2c(=O)n1N=Cc1cccc(OC)c1OC(C)=O. The summed E-state index contributed by atoms with van der Waals surface area (Å²) in [6.07, 6.45) is 2.27. The minimum Gasteiger partial charge on any atom is -0.493 e. The molecule has 7 nitrogen and oxygen atoms in total. The molecule has 0 bridgehead atoms. The van der Waals surface area contributed by atoms with Crippen LogP contribution in [0.4, 0.5) is 0 Å². The van der Waals surface area contributed by atoms with Crippen molar-refractivity contribution in [1.29, 1.82) is 0 Å². The van der Waals surface area contributed by atoms with Gasteiger partial charge in [-0.3, -0.25) is 9.59 Å². The highest BCUT2D eigenvalue weighted by Gasteiger charge is 2.16. The second-order valence-corrected chi connectivity index (χ2v) is 7.69. The van der Waals surface area contributed by atoms with Gasteiger partial charge in [-0.2, -0.15) is 9.78 Å². The molecule has 0 aliphatic heterocycles. The number of nitrogens with zero attached hydrogens (tertiary/aromatic N) is 3. The van der Waals surface area contributed by atoms with Crippen LogP contribution in [0.25, 0.3) is 10.9 Å². The molecule has 0 spiro atoms. The van der Waals surface area contributed by atoms with E-state index >= 15 is 0 Å². The number of carbonyl (C=O) groups is 1. The summed E-state index contributed by atoms with van der Waals surface area (Å²) < 4.78 is 12.7. The molecule has 1 atom stereocenters. The van der Waals surface area contributed by atoms with Gasteiger partial charge in [-0.25, -0.2) is 4.98 Å². The van der Waals surface area contributed by atoms with E-state index in [0.29, 0.717) is 28.0 Å². The number of rotatable bonds is 6. The van der Waals surface area contributed by atoms with Gasteiger partial charge in [-0.1, -0.05) is 35.8 Å². The second kappa shape index (κ2) is 9.21. The maximum absolute atomic E-state index is 13.2. The van der Waals surface area contributed by atoms with Crippen LogP contribution in [0.15, 0.2) is 50.8 Å². The summed E-state index contributed by atoms with van der Waals surface area (Å²) >= 11 is 3.40. The summed E-state index contributed by atoms with van der Waals surface area (Å²) in [5, 5.41) is 4.88. The Morgan fingerprint density at radius 1 is 1.33 bits per heavy atom. The third-order valence-electron chi connectivity index (χ3n) is 4.67. The molecule has 0 fully saturated rings. The molecule has 0 saturated heterocycles. The van der Waals surface area contributed by atoms with Crippen LogP contribution in [0, 0.1) is 0 Å². The van der Waals surface area contributed by atoms with Crippen molar-refractivity contribution in [1.82, 2.24) is 9.66 Å². The van der Waals surface area contributed by atoms with Crippen molar-refractivity contribution in [3.8, 4) is 11.5 Å². The van der Waals surface area contributed by atoms with Crippen molar-refractivity contribution in [3.63, 3.8) is 0 Å². The molecule has 0 aliphatic rings. The largest absolute Gasteiger partial charge is 0.493 e. The fourth-order valence-corrected chi connectivity index (χ4v) is 3.31. The van der Waals surface area contributed by atoms with Crippen LogP contribution < -0.4 is 15.0 Å². The van der Waals surface area contributed by atoms with Crippen LogP contribution in [0.3, 0.4) is 0 Å². The Bertz CT molecular complexity index is 1190. The lowest BCUT2D eigenvalue weighted by atomic mass is 10.1. The van der Waals surface area contributed by atoms with Crippen LogP contribution in [0.5, 0.6) is 11.5 Å². The zero-order valence-corrected chi connectivity index (χ0v) is 18.8.